The molecule has 48 heavy (non-hydrogen) atoms. The van der Waals surface area contributed by atoms with E-state index in [0.29, 0.717) is 0 Å². The van der Waals surface area contributed by atoms with Crippen molar-refractivity contribution in [1.29, 1.82) is 0 Å². The summed E-state index contributed by atoms with van der Waals surface area (Å²) in [7, 11) is 0. The molecular formula is C45H29NO2. The summed E-state index contributed by atoms with van der Waals surface area (Å²) in [6.07, 6.45) is 0. The van der Waals surface area contributed by atoms with Crippen LogP contribution in [0.25, 0.3) is 93.6 Å². The Morgan fingerprint density at radius 2 is 1.10 bits per heavy atom. The number of rotatable bonds is 2. The number of nitrogens with zero attached hydrogens (tertiary/aromatic N) is 1. The van der Waals surface area contributed by atoms with Crippen LogP contribution in [-0.2, 0) is 5.41 Å². The summed E-state index contributed by atoms with van der Waals surface area (Å²) in [5, 5.41) is 7.14. The highest BCUT2D eigenvalue weighted by Crippen LogP contribution is 2.55. The van der Waals surface area contributed by atoms with Crippen molar-refractivity contribution in [3.8, 4) is 27.9 Å². The molecule has 0 saturated heterocycles. The Bertz CT molecular complexity index is 2970. The summed E-state index contributed by atoms with van der Waals surface area (Å²) in [4.78, 5) is 0. The van der Waals surface area contributed by atoms with Crippen LogP contribution in [0.4, 0.5) is 0 Å². The number of para-hydroxylation sites is 4. The van der Waals surface area contributed by atoms with Crippen molar-refractivity contribution in [2.24, 2.45) is 0 Å². The minimum absolute atomic E-state index is 0.233. The molecule has 0 N–H and O–H groups in total. The maximum absolute atomic E-state index is 6.64. The predicted octanol–water partition coefficient (Wildman–Crippen LogP) is 12.6. The quantitative estimate of drug-likeness (QED) is 0.194. The number of hydrogen-bond acceptors (Lipinski definition) is 2. The van der Waals surface area contributed by atoms with Gasteiger partial charge in [-0.05, 0) is 53.1 Å². The Hall–Kier alpha value is -6.06. The molecule has 11 rings (SSSR count). The molecular weight excluding hydrogens is 587 g/mol. The molecule has 0 bridgehead atoms. The Balaban J connectivity index is 1.17. The fourth-order valence-corrected chi connectivity index (χ4v) is 8.64. The van der Waals surface area contributed by atoms with Crippen LogP contribution in [0.2, 0.25) is 0 Å². The molecule has 3 nitrogen and oxygen atoms in total. The molecule has 0 fully saturated rings. The van der Waals surface area contributed by atoms with E-state index in [2.05, 4.69) is 146 Å². The molecule has 0 radical (unpaired) electrons. The van der Waals surface area contributed by atoms with Gasteiger partial charge in [0.25, 0.3) is 0 Å². The first-order valence-corrected chi connectivity index (χ1v) is 16.6. The van der Waals surface area contributed by atoms with Crippen molar-refractivity contribution < 1.29 is 8.83 Å². The Kier molecular flexibility index (Phi) is 4.91. The van der Waals surface area contributed by atoms with Crippen LogP contribution in [0, 0.1) is 0 Å². The third-order valence-electron chi connectivity index (χ3n) is 10.8. The molecule has 0 spiro atoms. The van der Waals surface area contributed by atoms with Gasteiger partial charge in [0.15, 0.2) is 0 Å². The standard InChI is InChI=1S/C45H29NO2/c1-45(2)36-25-24-32-29-10-3-6-15-37(29)46(42(32)40(36)35-23-22-34-31-12-5-8-17-39(31)48-44(34)41(35)45)27-20-18-26(19-21-27)28-13-9-14-33-30-11-4-7-16-38(30)47-43(28)33/h3-25H,1-2H3. The molecule has 3 heteroatoms. The van der Waals surface area contributed by atoms with E-state index in [-0.39, 0.29) is 5.41 Å². The van der Waals surface area contributed by atoms with E-state index < -0.39 is 0 Å². The predicted molar refractivity (Wildman–Crippen MR) is 198 cm³/mol. The summed E-state index contributed by atoms with van der Waals surface area (Å²) < 4.78 is 15.5. The average Bonchev–Trinajstić information content (AvgIpc) is 3.85. The molecule has 1 aliphatic rings. The highest BCUT2D eigenvalue weighted by molar-refractivity contribution is 6.18. The molecule has 226 valence electrons. The van der Waals surface area contributed by atoms with Gasteiger partial charge in [0.2, 0.25) is 0 Å². The minimum Gasteiger partial charge on any atom is -0.456 e. The van der Waals surface area contributed by atoms with Gasteiger partial charge in [-0.25, -0.2) is 0 Å². The van der Waals surface area contributed by atoms with Crippen molar-refractivity contribution >= 4 is 65.7 Å². The van der Waals surface area contributed by atoms with Crippen molar-refractivity contribution in [3.63, 3.8) is 0 Å². The van der Waals surface area contributed by atoms with Crippen molar-refractivity contribution in [1.82, 2.24) is 4.57 Å². The zero-order valence-corrected chi connectivity index (χ0v) is 26.5. The van der Waals surface area contributed by atoms with E-state index in [9.17, 15) is 0 Å². The number of aromatic nitrogens is 1. The lowest BCUT2D eigenvalue weighted by atomic mass is 9.81. The van der Waals surface area contributed by atoms with Crippen LogP contribution in [-0.4, -0.2) is 4.57 Å². The number of hydrogen-bond donors (Lipinski definition) is 0. The average molecular weight is 616 g/mol. The highest BCUT2D eigenvalue weighted by atomic mass is 16.3. The summed E-state index contributed by atoms with van der Waals surface area (Å²) >= 11 is 0. The van der Waals surface area contributed by atoms with Crippen LogP contribution < -0.4 is 0 Å². The first-order chi connectivity index (χ1) is 23.6. The second kappa shape index (κ2) is 9.05. The second-order valence-corrected chi connectivity index (χ2v) is 13.7. The van der Waals surface area contributed by atoms with E-state index in [1.807, 2.05) is 12.1 Å². The molecule has 0 saturated carbocycles. The first kappa shape index (κ1) is 26.1. The third kappa shape index (κ3) is 3.23. The summed E-state index contributed by atoms with van der Waals surface area (Å²) in [6.45, 7) is 4.69. The lowest BCUT2D eigenvalue weighted by Gasteiger charge is -2.21. The third-order valence-corrected chi connectivity index (χ3v) is 10.8. The SMILES string of the molecule is CC1(C)c2ccc3c4ccccc4n(-c4ccc(-c5cccc6c5oc5ccccc56)cc4)c3c2-c2ccc3c(oc4ccccc43)c21. The minimum atomic E-state index is -0.233. The van der Waals surface area contributed by atoms with Crippen LogP contribution in [0.5, 0.6) is 0 Å². The second-order valence-electron chi connectivity index (χ2n) is 13.7. The molecule has 1 aliphatic carbocycles. The van der Waals surface area contributed by atoms with Gasteiger partial charge in [0.1, 0.15) is 22.3 Å². The van der Waals surface area contributed by atoms with Crippen LogP contribution in [0.15, 0.2) is 148 Å². The van der Waals surface area contributed by atoms with Gasteiger partial charge in [-0.3, -0.25) is 0 Å². The number of fused-ring (bicyclic) bond motifs is 14. The summed E-state index contributed by atoms with van der Waals surface area (Å²) in [5.74, 6) is 0. The highest BCUT2D eigenvalue weighted by Gasteiger charge is 2.40. The van der Waals surface area contributed by atoms with Gasteiger partial charge in [0, 0.05) is 60.1 Å². The molecule has 3 aromatic heterocycles. The summed E-state index contributed by atoms with van der Waals surface area (Å²) in [6, 6.07) is 50.1. The topological polar surface area (TPSA) is 31.2 Å². The van der Waals surface area contributed by atoms with Crippen LogP contribution in [0.3, 0.4) is 0 Å². The van der Waals surface area contributed by atoms with Gasteiger partial charge in [-0.1, -0.05) is 117 Å². The Morgan fingerprint density at radius 1 is 0.479 bits per heavy atom. The molecule has 7 aromatic carbocycles. The fraction of sp³-hybridized carbons (Fsp3) is 0.0667. The van der Waals surface area contributed by atoms with Crippen LogP contribution in [0.1, 0.15) is 25.0 Å². The molecule has 10 aromatic rings. The smallest absolute Gasteiger partial charge is 0.143 e. The van der Waals surface area contributed by atoms with Gasteiger partial charge in [-0.15, -0.1) is 0 Å². The molecule has 0 unspecified atom stereocenters. The van der Waals surface area contributed by atoms with Crippen molar-refractivity contribution in [3.05, 3.63) is 151 Å². The van der Waals surface area contributed by atoms with E-state index in [1.54, 1.807) is 0 Å². The van der Waals surface area contributed by atoms with E-state index in [4.69, 9.17) is 8.83 Å². The lowest BCUT2D eigenvalue weighted by Crippen LogP contribution is -2.15. The Labute approximate surface area is 276 Å². The largest absolute Gasteiger partial charge is 0.456 e. The van der Waals surface area contributed by atoms with Gasteiger partial charge < -0.3 is 13.4 Å². The normalized spacial score (nSPS) is 13.8. The Morgan fingerprint density at radius 3 is 1.88 bits per heavy atom. The van der Waals surface area contributed by atoms with Gasteiger partial charge >= 0.3 is 0 Å². The van der Waals surface area contributed by atoms with Gasteiger partial charge in [0.05, 0.1) is 11.0 Å². The zero-order chi connectivity index (χ0) is 31.7. The van der Waals surface area contributed by atoms with E-state index >= 15 is 0 Å². The number of benzene rings is 7. The molecule has 3 heterocycles. The molecule has 0 aliphatic heterocycles. The summed E-state index contributed by atoms with van der Waals surface area (Å²) in [5.41, 5.74) is 14.5. The lowest BCUT2D eigenvalue weighted by molar-refractivity contribution is 0.620. The first-order valence-electron chi connectivity index (χ1n) is 16.6. The molecule has 0 atom stereocenters. The van der Waals surface area contributed by atoms with E-state index in [1.165, 1.54) is 54.8 Å². The maximum atomic E-state index is 6.64. The maximum Gasteiger partial charge on any atom is 0.143 e. The molecule has 0 amide bonds. The fourth-order valence-electron chi connectivity index (χ4n) is 8.64. The van der Waals surface area contributed by atoms with E-state index in [0.717, 1.165) is 49.9 Å². The number of furan rings is 2. The zero-order valence-electron chi connectivity index (χ0n) is 26.5. The van der Waals surface area contributed by atoms with Crippen molar-refractivity contribution in [2.75, 3.05) is 0 Å². The van der Waals surface area contributed by atoms with Crippen LogP contribution >= 0.6 is 0 Å². The van der Waals surface area contributed by atoms with Crippen molar-refractivity contribution in [2.45, 2.75) is 19.3 Å². The monoisotopic (exact) mass is 615 g/mol. The van der Waals surface area contributed by atoms with Gasteiger partial charge in [-0.2, -0.15) is 0 Å².